The number of halogens is 3. The number of ketones is 1. The molecule has 0 aliphatic heterocycles. The number of nitrogens with zero attached hydrogens (tertiary/aromatic N) is 2. The summed E-state index contributed by atoms with van der Waals surface area (Å²) in [5.74, 6) is -4.94. The number of ether oxygens (including phenoxy) is 2. The quantitative estimate of drug-likeness (QED) is 0.142. The summed E-state index contributed by atoms with van der Waals surface area (Å²) in [5.41, 5.74) is 3.88. The molecule has 1 atom stereocenters. The molecule has 12 heteroatoms. The predicted molar refractivity (Wildman–Crippen MR) is 180 cm³/mol. The summed E-state index contributed by atoms with van der Waals surface area (Å²) in [7, 11) is 0. The van der Waals surface area contributed by atoms with E-state index in [1.54, 1.807) is 51.1 Å². The number of amides is 1. The number of anilines is 1. The van der Waals surface area contributed by atoms with Crippen molar-refractivity contribution in [1.82, 2.24) is 9.47 Å². The molecule has 0 radical (unpaired) electrons. The Morgan fingerprint density at radius 2 is 1.52 bits per heavy atom. The van der Waals surface area contributed by atoms with Gasteiger partial charge in [-0.15, -0.1) is 0 Å². The van der Waals surface area contributed by atoms with Gasteiger partial charge in [-0.25, -0.2) is 22.8 Å². The largest absolute Gasteiger partial charge is 0.461 e. The van der Waals surface area contributed by atoms with Crippen molar-refractivity contribution < 1.29 is 37.0 Å². The van der Waals surface area contributed by atoms with Gasteiger partial charge in [0.25, 0.3) is 5.56 Å². The first-order valence-electron chi connectivity index (χ1n) is 16.3. The average Bonchev–Trinajstić information content (AvgIpc) is 3.56. The van der Waals surface area contributed by atoms with Crippen LogP contribution in [0.1, 0.15) is 73.5 Å². The fourth-order valence-corrected chi connectivity index (χ4v) is 5.88. The molecular formula is C38H38F3N3O6. The smallest absolute Gasteiger partial charge is 0.411 e. The molecule has 0 bridgehead atoms. The fourth-order valence-electron chi connectivity index (χ4n) is 5.88. The van der Waals surface area contributed by atoms with E-state index in [-0.39, 0.29) is 29.2 Å². The lowest BCUT2D eigenvalue weighted by Gasteiger charge is -2.33. The summed E-state index contributed by atoms with van der Waals surface area (Å²) >= 11 is 0. The number of carbonyl (C=O) groups is 3. The van der Waals surface area contributed by atoms with Crippen molar-refractivity contribution in [2.75, 3.05) is 5.73 Å². The van der Waals surface area contributed by atoms with Crippen molar-refractivity contribution in [3.63, 3.8) is 0 Å². The number of esters is 1. The third-order valence-corrected chi connectivity index (χ3v) is 8.27. The maximum atomic E-state index is 15.9. The number of pyridine rings is 1. The number of hydrogen-bond donors (Lipinski definition) is 1. The minimum atomic E-state index is -1.22. The third-order valence-electron chi connectivity index (χ3n) is 8.27. The van der Waals surface area contributed by atoms with E-state index in [0.29, 0.717) is 23.0 Å². The van der Waals surface area contributed by atoms with Gasteiger partial charge in [0.15, 0.2) is 17.4 Å². The summed E-state index contributed by atoms with van der Waals surface area (Å²) in [6, 6.07) is 16.2. The van der Waals surface area contributed by atoms with Gasteiger partial charge in [-0.05, 0) is 100 Å². The van der Waals surface area contributed by atoms with E-state index in [9.17, 15) is 23.6 Å². The molecule has 3 aromatic carbocycles. The molecule has 1 aliphatic rings. The normalized spacial score (nSPS) is 13.9. The van der Waals surface area contributed by atoms with Crippen molar-refractivity contribution in [2.45, 2.75) is 77.2 Å². The molecule has 5 rings (SSSR count). The maximum Gasteiger partial charge on any atom is 0.411 e. The lowest BCUT2D eigenvalue weighted by molar-refractivity contribution is -0.155. The lowest BCUT2D eigenvalue weighted by atomic mass is 10.0. The Kier molecular flexibility index (Phi) is 10.8. The first-order valence-corrected chi connectivity index (χ1v) is 16.3. The Labute approximate surface area is 287 Å². The van der Waals surface area contributed by atoms with Gasteiger partial charge in [0, 0.05) is 18.1 Å². The SMILES string of the molecule is CC(C)(C)OC(=O)N(Cc1cc(F)c(-n2c(N)c(C(=O)c3ccc(F)cc3)ccc2=O)c(F)c1)[C@@H](Cc1ccccc1)C(=O)OC1CCCC1. The minimum Gasteiger partial charge on any atom is -0.461 e. The van der Waals surface area contributed by atoms with Gasteiger partial charge >= 0.3 is 12.1 Å². The van der Waals surface area contributed by atoms with Gasteiger partial charge in [-0.1, -0.05) is 30.3 Å². The first-order chi connectivity index (χ1) is 23.7. The first kappa shape index (κ1) is 35.9. The standard InChI is InChI=1S/C38H38F3N3O6/c1-38(2,3)50-37(48)43(31(21-23-9-5-4-6-10-23)36(47)49-27-11-7-8-12-27)22-24-19-29(40)33(30(41)20-24)44-32(45)18-17-28(35(44)42)34(46)25-13-15-26(39)16-14-25/h4-6,9-10,13-20,27,31H,7-8,11-12,21-22,42H2,1-3H3/t31-/m0/s1. The van der Waals surface area contributed by atoms with Gasteiger partial charge in [0.05, 0.1) is 12.1 Å². The van der Waals surface area contributed by atoms with Gasteiger partial charge in [0.1, 0.15) is 35.1 Å². The van der Waals surface area contributed by atoms with Gasteiger partial charge < -0.3 is 15.2 Å². The summed E-state index contributed by atoms with van der Waals surface area (Å²) in [5, 5.41) is 0. The molecule has 0 unspecified atom stereocenters. The third kappa shape index (κ3) is 8.42. The van der Waals surface area contributed by atoms with Crippen molar-refractivity contribution in [2.24, 2.45) is 0 Å². The van der Waals surface area contributed by atoms with Crippen LogP contribution in [-0.4, -0.2) is 45.1 Å². The van der Waals surface area contributed by atoms with Crippen LogP contribution in [-0.2, 0) is 27.2 Å². The van der Waals surface area contributed by atoms with Gasteiger partial charge in [-0.2, -0.15) is 0 Å². The van der Waals surface area contributed by atoms with Crippen LogP contribution in [0.3, 0.4) is 0 Å². The van der Waals surface area contributed by atoms with Crippen molar-refractivity contribution >= 4 is 23.7 Å². The number of nitrogen functional groups attached to an aromatic ring is 1. The maximum absolute atomic E-state index is 15.9. The molecule has 2 N–H and O–H groups in total. The molecule has 0 saturated heterocycles. The van der Waals surface area contributed by atoms with Gasteiger partial charge in [0.2, 0.25) is 0 Å². The predicted octanol–water partition coefficient (Wildman–Crippen LogP) is 6.90. The Hall–Kier alpha value is -5.39. The van der Waals surface area contributed by atoms with E-state index in [2.05, 4.69) is 0 Å². The highest BCUT2D eigenvalue weighted by Gasteiger charge is 2.36. The second kappa shape index (κ2) is 15.0. The number of nitrogens with two attached hydrogens (primary N) is 1. The Morgan fingerprint density at radius 1 is 0.900 bits per heavy atom. The second-order valence-corrected chi connectivity index (χ2v) is 13.2. The van der Waals surface area contributed by atoms with Crippen LogP contribution in [0, 0.1) is 17.5 Å². The van der Waals surface area contributed by atoms with Crippen molar-refractivity contribution in [3.8, 4) is 5.69 Å². The molecule has 1 saturated carbocycles. The van der Waals surface area contributed by atoms with E-state index < -0.39 is 70.5 Å². The summed E-state index contributed by atoms with van der Waals surface area (Å²) < 4.78 is 57.3. The number of hydrogen-bond acceptors (Lipinski definition) is 7. The summed E-state index contributed by atoms with van der Waals surface area (Å²) in [6.45, 7) is 4.49. The Morgan fingerprint density at radius 3 is 2.12 bits per heavy atom. The summed E-state index contributed by atoms with van der Waals surface area (Å²) in [6.07, 6.45) is 2.00. The number of aromatic nitrogens is 1. The average molecular weight is 690 g/mol. The van der Waals surface area contributed by atoms with Crippen LogP contribution >= 0.6 is 0 Å². The van der Waals surface area contributed by atoms with E-state index >= 15 is 8.78 Å². The van der Waals surface area contributed by atoms with E-state index in [1.807, 2.05) is 0 Å². The molecule has 1 aromatic heterocycles. The van der Waals surface area contributed by atoms with E-state index in [0.717, 1.165) is 54.1 Å². The molecule has 4 aromatic rings. The van der Waals surface area contributed by atoms with Crippen LogP contribution in [0.25, 0.3) is 5.69 Å². The van der Waals surface area contributed by atoms with Gasteiger partial charge in [-0.3, -0.25) is 19.1 Å². The fraction of sp³-hybridized carbons (Fsp3) is 0.316. The zero-order valence-corrected chi connectivity index (χ0v) is 28.0. The molecule has 1 heterocycles. The topological polar surface area (TPSA) is 121 Å². The molecule has 0 spiro atoms. The highest BCUT2D eigenvalue weighted by molar-refractivity contribution is 6.11. The van der Waals surface area contributed by atoms with Crippen molar-refractivity contribution in [1.29, 1.82) is 0 Å². The van der Waals surface area contributed by atoms with Crippen LogP contribution in [0.5, 0.6) is 0 Å². The molecule has 1 amide bonds. The van der Waals surface area contributed by atoms with E-state index in [4.69, 9.17) is 15.2 Å². The Bertz CT molecular complexity index is 1910. The highest BCUT2D eigenvalue weighted by Crippen LogP contribution is 2.28. The zero-order chi connectivity index (χ0) is 36.2. The number of benzene rings is 3. The molecule has 50 heavy (non-hydrogen) atoms. The van der Waals surface area contributed by atoms with Crippen molar-refractivity contribution in [3.05, 3.63) is 129 Å². The lowest BCUT2D eigenvalue weighted by Crippen LogP contribution is -2.49. The number of carbonyl (C=O) groups excluding carboxylic acids is 3. The zero-order valence-electron chi connectivity index (χ0n) is 28.0. The number of rotatable bonds is 10. The van der Waals surface area contributed by atoms with Crippen LogP contribution in [0.15, 0.2) is 83.7 Å². The highest BCUT2D eigenvalue weighted by atomic mass is 19.1. The van der Waals surface area contributed by atoms with E-state index in [1.165, 1.54) is 12.1 Å². The van der Waals surface area contributed by atoms with Crippen LogP contribution in [0.2, 0.25) is 0 Å². The monoisotopic (exact) mass is 689 g/mol. The summed E-state index contributed by atoms with van der Waals surface area (Å²) in [4.78, 5) is 54.6. The Balaban J connectivity index is 1.53. The molecule has 1 fully saturated rings. The minimum absolute atomic E-state index is 0.0372. The molecule has 262 valence electrons. The van der Waals surface area contributed by atoms with Crippen LogP contribution < -0.4 is 11.3 Å². The molecule has 1 aliphatic carbocycles. The molecular weight excluding hydrogens is 651 g/mol. The molecule has 9 nitrogen and oxygen atoms in total. The van der Waals surface area contributed by atoms with Crippen LogP contribution in [0.4, 0.5) is 23.8 Å². The second-order valence-electron chi connectivity index (χ2n) is 13.2.